The van der Waals surface area contributed by atoms with Crippen LogP contribution < -0.4 is 15.3 Å². The first-order chi connectivity index (χ1) is 16.2. The molecule has 3 aromatic carbocycles. The minimum absolute atomic E-state index is 0.333. The van der Waals surface area contributed by atoms with Crippen molar-refractivity contribution in [2.75, 3.05) is 7.11 Å². The number of rotatable bonds is 6. The SMILES string of the molecule is COc1ccc([C@@]2(C)[C@H](C(=O)OC(C)(C)C)N=CN2P(c2ccccc2)c2ccccc2)cc1. The van der Waals surface area contributed by atoms with Crippen LogP contribution in [-0.4, -0.2) is 35.7 Å². The molecule has 0 bridgehead atoms. The van der Waals surface area contributed by atoms with Crippen molar-refractivity contribution in [3.05, 3.63) is 90.5 Å². The standard InChI is InChI=1S/C28H31N2O3P/c1-27(2,3)33-26(31)25-28(4,21-16-18-22(32-5)19-17-21)30(20-29-25)34(23-12-8-6-9-13-23)24-14-10-7-11-15-24/h6-20,25H,1-5H3/t25-,28-/m0/s1. The Labute approximate surface area is 203 Å². The number of carbonyl (C=O) groups is 1. The van der Waals surface area contributed by atoms with Gasteiger partial charge in [0, 0.05) is 10.6 Å². The highest BCUT2D eigenvalue weighted by molar-refractivity contribution is 7.71. The zero-order valence-electron chi connectivity index (χ0n) is 20.3. The van der Waals surface area contributed by atoms with E-state index in [4.69, 9.17) is 14.5 Å². The second-order valence-corrected chi connectivity index (χ2v) is 11.5. The smallest absolute Gasteiger partial charge is 0.334 e. The molecule has 2 atom stereocenters. The molecule has 6 heteroatoms. The number of aliphatic imine (C=N–C) groups is 1. The summed E-state index contributed by atoms with van der Waals surface area (Å²) in [7, 11) is 0.634. The van der Waals surface area contributed by atoms with Crippen molar-refractivity contribution in [2.24, 2.45) is 4.99 Å². The van der Waals surface area contributed by atoms with E-state index in [0.29, 0.717) is 0 Å². The Kier molecular flexibility index (Phi) is 6.77. The van der Waals surface area contributed by atoms with E-state index in [2.05, 4.69) is 60.1 Å². The fraction of sp³-hybridized carbons (Fsp3) is 0.286. The number of ether oxygens (including phenoxy) is 2. The Morgan fingerprint density at radius 2 is 1.44 bits per heavy atom. The zero-order chi connectivity index (χ0) is 24.3. The molecule has 1 heterocycles. The van der Waals surface area contributed by atoms with E-state index in [1.807, 2.05) is 63.5 Å². The first-order valence-electron chi connectivity index (χ1n) is 11.3. The fourth-order valence-electron chi connectivity index (χ4n) is 4.18. The molecule has 0 saturated heterocycles. The lowest BCUT2D eigenvalue weighted by atomic mass is 9.85. The van der Waals surface area contributed by atoms with Gasteiger partial charge in [-0.1, -0.05) is 72.8 Å². The van der Waals surface area contributed by atoms with Crippen LogP contribution in [0.25, 0.3) is 0 Å². The summed E-state index contributed by atoms with van der Waals surface area (Å²) in [4.78, 5) is 18.2. The molecule has 0 amide bonds. The van der Waals surface area contributed by atoms with Crippen LogP contribution in [0, 0.1) is 0 Å². The monoisotopic (exact) mass is 474 g/mol. The van der Waals surface area contributed by atoms with Crippen LogP contribution in [0.1, 0.15) is 33.3 Å². The van der Waals surface area contributed by atoms with Gasteiger partial charge in [-0.05, 0) is 45.4 Å². The number of methoxy groups -OCH3 is 1. The number of esters is 1. The molecule has 4 rings (SSSR count). The van der Waals surface area contributed by atoms with E-state index in [0.717, 1.165) is 11.3 Å². The summed E-state index contributed by atoms with van der Waals surface area (Å²) in [6.07, 6.45) is 1.84. The van der Waals surface area contributed by atoms with Crippen molar-refractivity contribution < 1.29 is 14.3 Å². The minimum atomic E-state index is -1.01. The third-order valence-electron chi connectivity index (χ3n) is 5.85. The lowest BCUT2D eigenvalue weighted by Crippen LogP contribution is -2.50. The summed E-state index contributed by atoms with van der Waals surface area (Å²) in [5, 5.41) is 2.36. The second-order valence-electron chi connectivity index (χ2n) is 9.40. The highest BCUT2D eigenvalue weighted by atomic mass is 31.1. The molecule has 0 radical (unpaired) electrons. The normalized spacial score (nSPS) is 19.9. The van der Waals surface area contributed by atoms with E-state index >= 15 is 0 Å². The maximum absolute atomic E-state index is 13.4. The highest BCUT2D eigenvalue weighted by Gasteiger charge is 2.52. The fourth-order valence-corrected chi connectivity index (χ4v) is 6.69. The molecule has 0 fully saturated rings. The molecule has 0 saturated carbocycles. The largest absolute Gasteiger partial charge is 0.497 e. The van der Waals surface area contributed by atoms with Gasteiger partial charge >= 0.3 is 5.97 Å². The number of hydrogen-bond donors (Lipinski definition) is 0. The number of nitrogens with zero attached hydrogens (tertiary/aromatic N) is 2. The summed E-state index contributed by atoms with van der Waals surface area (Å²) in [5.41, 5.74) is -0.391. The molecule has 1 aliphatic heterocycles. The van der Waals surface area contributed by atoms with Crippen LogP contribution in [0.4, 0.5) is 0 Å². The Bertz CT molecular complexity index is 1100. The summed E-state index contributed by atoms with van der Waals surface area (Å²) < 4.78 is 13.5. The molecule has 0 spiro atoms. The maximum atomic E-state index is 13.4. The van der Waals surface area contributed by atoms with E-state index in [1.54, 1.807) is 7.11 Å². The lowest BCUT2D eigenvalue weighted by Gasteiger charge is -2.43. The van der Waals surface area contributed by atoms with Gasteiger partial charge in [-0.15, -0.1) is 0 Å². The quantitative estimate of drug-likeness (QED) is 0.372. The molecular weight excluding hydrogens is 443 g/mol. The Morgan fingerprint density at radius 1 is 0.912 bits per heavy atom. The van der Waals surface area contributed by atoms with Crippen molar-refractivity contribution in [1.29, 1.82) is 0 Å². The minimum Gasteiger partial charge on any atom is -0.497 e. The summed E-state index contributed by atoms with van der Waals surface area (Å²) in [6, 6.07) is 28.0. The van der Waals surface area contributed by atoms with Crippen LogP contribution >= 0.6 is 8.07 Å². The van der Waals surface area contributed by atoms with E-state index < -0.39 is 25.3 Å². The molecule has 34 heavy (non-hydrogen) atoms. The van der Waals surface area contributed by atoms with Gasteiger partial charge in [0.1, 0.15) is 16.9 Å². The average Bonchev–Trinajstić information content (AvgIpc) is 3.17. The average molecular weight is 475 g/mol. The van der Waals surface area contributed by atoms with Gasteiger partial charge in [0.2, 0.25) is 0 Å². The van der Waals surface area contributed by atoms with E-state index in [-0.39, 0.29) is 5.97 Å². The first-order valence-corrected chi connectivity index (χ1v) is 12.6. The Hall–Kier alpha value is -3.17. The third kappa shape index (κ3) is 4.71. The topological polar surface area (TPSA) is 51.1 Å². The van der Waals surface area contributed by atoms with Gasteiger partial charge in [0.05, 0.1) is 21.5 Å². The van der Waals surface area contributed by atoms with Gasteiger partial charge in [-0.25, -0.2) is 4.79 Å². The predicted molar refractivity (Wildman–Crippen MR) is 139 cm³/mol. The van der Waals surface area contributed by atoms with Crippen molar-refractivity contribution in [2.45, 2.75) is 44.9 Å². The summed E-state index contributed by atoms with van der Waals surface area (Å²) >= 11 is 0. The zero-order valence-corrected chi connectivity index (χ0v) is 21.2. The van der Waals surface area contributed by atoms with Gasteiger partial charge in [0.15, 0.2) is 6.04 Å². The maximum Gasteiger partial charge on any atom is 0.334 e. The van der Waals surface area contributed by atoms with Crippen LogP contribution in [0.3, 0.4) is 0 Å². The number of carbonyl (C=O) groups excluding carboxylic acids is 1. The van der Waals surface area contributed by atoms with E-state index in [1.165, 1.54) is 10.6 Å². The lowest BCUT2D eigenvalue weighted by molar-refractivity contribution is -0.158. The van der Waals surface area contributed by atoms with Crippen molar-refractivity contribution >= 4 is 31.0 Å². The number of benzene rings is 3. The predicted octanol–water partition coefficient (Wildman–Crippen LogP) is 5.01. The molecule has 0 aromatic heterocycles. The first kappa shape index (κ1) is 24.0. The van der Waals surface area contributed by atoms with Gasteiger partial charge < -0.3 is 14.1 Å². The molecule has 5 nitrogen and oxygen atoms in total. The van der Waals surface area contributed by atoms with Gasteiger partial charge in [0.25, 0.3) is 0 Å². The molecular formula is C28H31N2O3P. The molecule has 1 aliphatic rings. The third-order valence-corrected chi connectivity index (χ3v) is 8.38. The Morgan fingerprint density at radius 3 is 1.91 bits per heavy atom. The van der Waals surface area contributed by atoms with Crippen molar-refractivity contribution in [3.8, 4) is 5.75 Å². The van der Waals surface area contributed by atoms with Crippen LogP contribution in [0.2, 0.25) is 0 Å². The molecule has 3 aromatic rings. The van der Waals surface area contributed by atoms with Crippen LogP contribution in [0.15, 0.2) is 89.9 Å². The van der Waals surface area contributed by atoms with Gasteiger partial charge in [-0.2, -0.15) is 0 Å². The highest BCUT2D eigenvalue weighted by Crippen LogP contribution is 2.51. The van der Waals surface area contributed by atoms with Crippen molar-refractivity contribution in [1.82, 2.24) is 4.67 Å². The molecule has 0 unspecified atom stereocenters. The van der Waals surface area contributed by atoms with Crippen molar-refractivity contribution in [3.63, 3.8) is 0 Å². The van der Waals surface area contributed by atoms with Crippen LogP contribution in [-0.2, 0) is 15.1 Å². The summed E-state index contributed by atoms with van der Waals surface area (Å²) in [6.45, 7) is 7.73. The molecule has 0 N–H and O–H groups in total. The van der Waals surface area contributed by atoms with Crippen LogP contribution in [0.5, 0.6) is 5.75 Å². The molecule has 0 aliphatic carbocycles. The molecule has 176 valence electrons. The Balaban J connectivity index is 1.86. The summed E-state index contributed by atoms with van der Waals surface area (Å²) in [5.74, 6) is 0.431. The second kappa shape index (κ2) is 9.60. The number of hydrogen-bond acceptors (Lipinski definition) is 5. The van der Waals surface area contributed by atoms with Gasteiger partial charge in [-0.3, -0.25) is 4.99 Å². The van der Waals surface area contributed by atoms with E-state index in [9.17, 15) is 4.79 Å².